The number of piperazine rings is 1. The molecule has 140 valence electrons. The number of aryl methyl sites for hydroxylation is 2. The van der Waals surface area contributed by atoms with Crippen LogP contribution in [0.4, 0.5) is 5.69 Å². The van der Waals surface area contributed by atoms with E-state index < -0.39 is 0 Å². The lowest BCUT2D eigenvalue weighted by atomic mass is 10.1. The maximum Gasteiger partial charge on any atom is 0.206 e. The Morgan fingerprint density at radius 1 is 1.23 bits per heavy atom. The highest BCUT2D eigenvalue weighted by molar-refractivity contribution is 5.55. The van der Waals surface area contributed by atoms with E-state index in [1.54, 1.807) is 4.90 Å². The van der Waals surface area contributed by atoms with E-state index in [1.807, 2.05) is 4.68 Å². The van der Waals surface area contributed by atoms with Crippen molar-refractivity contribution in [2.24, 2.45) is 0 Å². The zero-order valence-corrected chi connectivity index (χ0v) is 15.8. The largest absolute Gasteiger partial charge is 0.376 e. The minimum absolute atomic E-state index is 0.272. The molecular weight excluding hydrogens is 328 g/mol. The fourth-order valence-corrected chi connectivity index (χ4v) is 4.00. The molecule has 3 heterocycles. The Labute approximate surface area is 154 Å². The van der Waals surface area contributed by atoms with Gasteiger partial charge >= 0.3 is 0 Å². The standard InChI is InChI=1S/C19H28N6O/c1-15-5-6-16(2)18(12-15)24-9-7-23(8-10-24)14-19-20-21-22-25(19)13-17-4-3-11-26-17/h5-6,12,17H,3-4,7-11,13-14H2,1-2H3/p+1/t17-/m0/s1. The Hall–Kier alpha value is -1.99. The SMILES string of the molecule is Cc1ccc(C)c(N2CC[NH+](Cc3nnnn3C[C@@H]3CCCO3)CC2)c1. The van der Waals surface area contributed by atoms with Crippen molar-refractivity contribution in [3.05, 3.63) is 35.2 Å². The number of hydrogen-bond acceptors (Lipinski definition) is 5. The van der Waals surface area contributed by atoms with Gasteiger partial charge in [0.1, 0.15) is 6.54 Å². The molecule has 0 bridgehead atoms. The zero-order chi connectivity index (χ0) is 17.9. The maximum absolute atomic E-state index is 5.73. The van der Waals surface area contributed by atoms with Crippen molar-refractivity contribution < 1.29 is 9.64 Å². The van der Waals surface area contributed by atoms with E-state index in [0.717, 1.165) is 64.5 Å². The van der Waals surface area contributed by atoms with E-state index in [9.17, 15) is 0 Å². The average molecular weight is 357 g/mol. The molecule has 0 aliphatic carbocycles. The monoisotopic (exact) mass is 357 g/mol. The topological polar surface area (TPSA) is 60.5 Å². The molecule has 2 aromatic rings. The van der Waals surface area contributed by atoms with E-state index >= 15 is 0 Å². The summed E-state index contributed by atoms with van der Waals surface area (Å²) < 4.78 is 7.67. The van der Waals surface area contributed by atoms with Crippen LogP contribution in [-0.4, -0.2) is 59.1 Å². The number of aromatic nitrogens is 4. The van der Waals surface area contributed by atoms with Crippen LogP contribution in [0.25, 0.3) is 0 Å². The number of benzene rings is 1. The molecule has 2 aliphatic heterocycles. The van der Waals surface area contributed by atoms with Gasteiger partial charge in [-0.3, -0.25) is 0 Å². The molecule has 7 heteroatoms. The van der Waals surface area contributed by atoms with Gasteiger partial charge in [0.15, 0.2) is 0 Å². The average Bonchev–Trinajstić information content (AvgIpc) is 3.31. The summed E-state index contributed by atoms with van der Waals surface area (Å²) in [7, 11) is 0. The minimum atomic E-state index is 0.272. The fraction of sp³-hybridized carbons (Fsp3) is 0.632. The fourth-order valence-electron chi connectivity index (χ4n) is 4.00. The van der Waals surface area contributed by atoms with Gasteiger partial charge in [-0.15, -0.1) is 5.10 Å². The molecule has 0 amide bonds. The Balaban J connectivity index is 1.34. The summed E-state index contributed by atoms with van der Waals surface area (Å²) in [6, 6.07) is 6.72. The molecule has 4 rings (SSSR count). The molecule has 2 aliphatic rings. The molecule has 0 radical (unpaired) electrons. The predicted molar refractivity (Wildman–Crippen MR) is 99.3 cm³/mol. The molecule has 0 unspecified atom stereocenters. The summed E-state index contributed by atoms with van der Waals surface area (Å²) in [5.74, 6) is 0.982. The Morgan fingerprint density at radius 2 is 2.08 bits per heavy atom. The normalized spacial score (nSPS) is 21.5. The maximum atomic E-state index is 5.73. The third-order valence-corrected chi connectivity index (χ3v) is 5.59. The van der Waals surface area contributed by atoms with Gasteiger partial charge < -0.3 is 14.5 Å². The molecule has 1 aromatic carbocycles. The molecule has 1 N–H and O–H groups in total. The van der Waals surface area contributed by atoms with Crippen molar-refractivity contribution in [1.82, 2.24) is 20.2 Å². The molecule has 2 fully saturated rings. The molecule has 1 aromatic heterocycles. The number of rotatable bonds is 5. The minimum Gasteiger partial charge on any atom is -0.376 e. The number of nitrogens with zero attached hydrogens (tertiary/aromatic N) is 5. The van der Waals surface area contributed by atoms with Gasteiger partial charge in [-0.2, -0.15) is 0 Å². The van der Waals surface area contributed by atoms with E-state index in [4.69, 9.17) is 4.74 Å². The van der Waals surface area contributed by atoms with E-state index in [2.05, 4.69) is 52.5 Å². The highest BCUT2D eigenvalue weighted by atomic mass is 16.5. The number of hydrogen-bond donors (Lipinski definition) is 1. The Bertz CT molecular complexity index is 731. The van der Waals surface area contributed by atoms with Crippen LogP contribution in [0.3, 0.4) is 0 Å². The second-order valence-electron chi connectivity index (χ2n) is 7.62. The number of quaternary nitrogens is 1. The predicted octanol–water partition coefficient (Wildman–Crippen LogP) is 0.374. The van der Waals surface area contributed by atoms with Crippen LogP contribution in [0.2, 0.25) is 0 Å². The van der Waals surface area contributed by atoms with Gasteiger partial charge in [-0.05, 0) is 54.3 Å². The summed E-state index contributed by atoms with van der Waals surface area (Å²) >= 11 is 0. The van der Waals surface area contributed by atoms with Crippen LogP contribution in [0.15, 0.2) is 18.2 Å². The van der Waals surface area contributed by atoms with E-state index in [-0.39, 0.29) is 6.10 Å². The zero-order valence-electron chi connectivity index (χ0n) is 15.8. The van der Waals surface area contributed by atoms with Crippen molar-refractivity contribution in [2.75, 3.05) is 37.7 Å². The van der Waals surface area contributed by atoms with Gasteiger partial charge in [-0.1, -0.05) is 12.1 Å². The van der Waals surface area contributed by atoms with Crippen molar-refractivity contribution in [3.8, 4) is 0 Å². The third-order valence-electron chi connectivity index (χ3n) is 5.59. The van der Waals surface area contributed by atoms with Gasteiger partial charge in [0.2, 0.25) is 5.82 Å². The van der Waals surface area contributed by atoms with Crippen LogP contribution in [-0.2, 0) is 17.8 Å². The van der Waals surface area contributed by atoms with Gasteiger partial charge in [0.25, 0.3) is 0 Å². The number of nitrogens with one attached hydrogen (secondary N) is 1. The van der Waals surface area contributed by atoms with Crippen LogP contribution in [0.5, 0.6) is 0 Å². The first-order chi connectivity index (χ1) is 12.7. The van der Waals surface area contributed by atoms with E-state index in [0.29, 0.717) is 0 Å². The van der Waals surface area contributed by atoms with Crippen LogP contribution in [0, 0.1) is 13.8 Å². The summed E-state index contributed by atoms with van der Waals surface area (Å²) in [5.41, 5.74) is 4.07. The van der Waals surface area contributed by atoms with Crippen LogP contribution in [0.1, 0.15) is 29.8 Å². The summed E-state index contributed by atoms with van der Waals surface area (Å²) in [6.07, 6.45) is 2.53. The number of tetrazole rings is 1. The summed E-state index contributed by atoms with van der Waals surface area (Å²) in [4.78, 5) is 4.07. The van der Waals surface area contributed by atoms with Gasteiger partial charge in [0, 0.05) is 12.3 Å². The van der Waals surface area contributed by atoms with Crippen LogP contribution >= 0.6 is 0 Å². The number of anilines is 1. The lowest BCUT2D eigenvalue weighted by Gasteiger charge is -2.34. The first-order valence-electron chi connectivity index (χ1n) is 9.71. The van der Waals surface area contributed by atoms with E-state index in [1.165, 1.54) is 16.8 Å². The lowest BCUT2D eigenvalue weighted by molar-refractivity contribution is -0.915. The molecule has 7 nitrogen and oxygen atoms in total. The highest BCUT2D eigenvalue weighted by Gasteiger charge is 2.25. The first kappa shape index (κ1) is 17.4. The van der Waals surface area contributed by atoms with Crippen molar-refractivity contribution in [1.29, 1.82) is 0 Å². The molecular formula is C19H29N6O+. The number of ether oxygens (including phenoxy) is 1. The first-order valence-corrected chi connectivity index (χ1v) is 9.71. The van der Waals surface area contributed by atoms with Crippen molar-refractivity contribution in [2.45, 2.75) is 45.9 Å². The second kappa shape index (κ2) is 7.72. The lowest BCUT2D eigenvalue weighted by Crippen LogP contribution is -3.13. The highest BCUT2D eigenvalue weighted by Crippen LogP contribution is 2.21. The summed E-state index contributed by atoms with van der Waals surface area (Å²) in [5, 5.41) is 12.3. The van der Waals surface area contributed by atoms with Crippen molar-refractivity contribution >= 4 is 5.69 Å². The van der Waals surface area contributed by atoms with Crippen LogP contribution < -0.4 is 9.80 Å². The van der Waals surface area contributed by atoms with Crippen molar-refractivity contribution in [3.63, 3.8) is 0 Å². The summed E-state index contributed by atoms with van der Waals surface area (Å²) in [6.45, 7) is 11.3. The smallest absolute Gasteiger partial charge is 0.206 e. The second-order valence-corrected chi connectivity index (χ2v) is 7.62. The molecule has 0 saturated carbocycles. The molecule has 2 saturated heterocycles. The van der Waals surface area contributed by atoms with Gasteiger partial charge in [-0.25, -0.2) is 4.68 Å². The molecule has 0 spiro atoms. The Morgan fingerprint density at radius 3 is 2.85 bits per heavy atom. The third kappa shape index (κ3) is 3.88. The quantitative estimate of drug-likeness (QED) is 0.838. The Kier molecular flexibility index (Phi) is 5.17. The molecule has 26 heavy (non-hydrogen) atoms. The molecule has 1 atom stereocenters. The van der Waals surface area contributed by atoms with Gasteiger partial charge in [0.05, 0.1) is 38.8 Å².